The van der Waals surface area contributed by atoms with E-state index in [2.05, 4.69) is 13.9 Å². The zero-order chi connectivity index (χ0) is 24.9. The van der Waals surface area contributed by atoms with Crippen LogP contribution in [0.1, 0.15) is 36.3 Å². The van der Waals surface area contributed by atoms with Crippen LogP contribution >= 0.6 is 0 Å². The van der Waals surface area contributed by atoms with Gasteiger partial charge in [0.2, 0.25) is 5.89 Å². The highest BCUT2D eigenvalue weighted by atomic mass is 32.3. The molecule has 1 aromatic heterocycles. The molecule has 2 aromatic carbocycles. The topological polar surface area (TPSA) is 162 Å². The Morgan fingerprint density at radius 3 is 2.46 bits per heavy atom. The first-order valence-corrected chi connectivity index (χ1v) is 11.4. The Balaban J connectivity index is 0.00000432. The fourth-order valence-electron chi connectivity index (χ4n) is 2.99. The maximum atomic E-state index is 12.7. The normalized spacial score (nSPS) is 11.3. The van der Waals surface area contributed by atoms with E-state index in [4.69, 9.17) is 13.7 Å². The van der Waals surface area contributed by atoms with Crippen molar-refractivity contribution in [1.82, 2.24) is 11.1 Å². The second-order valence-corrected chi connectivity index (χ2v) is 8.30. The number of nitrogens with zero attached hydrogens (tertiary/aromatic N) is 1. The molecule has 13 heteroatoms. The molecule has 0 fully saturated rings. The van der Waals surface area contributed by atoms with Gasteiger partial charge in [-0.3, -0.25) is 9.35 Å². The Bertz CT molecular complexity index is 1260. The van der Waals surface area contributed by atoms with E-state index in [1.165, 1.54) is 48.7 Å². The van der Waals surface area contributed by atoms with Gasteiger partial charge in [-0.25, -0.2) is 4.98 Å². The Hall–Kier alpha value is -3.55. The smallest absolute Gasteiger partial charge is 0.446 e. The summed E-state index contributed by atoms with van der Waals surface area (Å²) in [5.41, 5.74) is 0.853. The third-order valence-corrected chi connectivity index (χ3v) is 4.70. The van der Waals surface area contributed by atoms with Crippen LogP contribution in [0.2, 0.25) is 0 Å². The molecule has 0 aliphatic carbocycles. The average molecular weight is 516 g/mol. The van der Waals surface area contributed by atoms with Gasteiger partial charge < -0.3 is 24.2 Å². The van der Waals surface area contributed by atoms with Crippen LogP contribution in [-0.2, 0) is 16.8 Å². The number of aryl methyl sites for hydroxylation is 1. The molecule has 0 radical (unpaired) electrons. The summed E-state index contributed by atoms with van der Waals surface area (Å²) in [5.74, 6) is -0.590. The summed E-state index contributed by atoms with van der Waals surface area (Å²) in [6, 6.07) is 9.85. The lowest BCUT2D eigenvalue weighted by Crippen LogP contribution is -2.11. The van der Waals surface area contributed by atoms with Crippen LogP contribution in [0.4, 0.5) is 8.78 Å². The van der Waals surface area contributed by atoms with Gasteiger partial charge in [0.25, 0.3) is 0 Å². The number of ketones is 1. The van der Waals surface area contributed by atoms with Crippen molar-refractivity contribution < 1.29 is 44.6 Å². The van der Waals surface area contributed by atoms with Crippen molar-refractivity contribution in [1.29, 1.82) is 0 Å². The summed E-state index contributed by atoms with van der Waals surface area (Å²) in [6.45, 7) is 0.454. The standard InChI is InChI=1S/C22H21F2NO8S.H3N/c1-13(2)31-20-11-14(7-10-19(20)32-22(23)24)21-25-15(12-30-21)8-9-17(26)16-5-3-4-6-18(16)33-34(27,28)29;/h3-7,10-13,22H,8-9H2,1-2H3,(H,27,28,29);1H3/p+1. The van der Waals surface area contributed by atoms with Crippen LogP contribution in [0, 0.1) is 0 Å². The maximum absolute atomic E-state index is 12.7. The number of benzene rings is 2. The third-order valence-electron chi connectivity index (χ3n) is 4.31. The van der Waals surface area contributed by atoms with E-state index in [0.717, 1.165) is 0 Å². The molecule has 3 rings (SSSR count). The number of hydrogen-bond acceptors (Lipinski definition) is 8. The van der Waals surface area contributed by atoms with Crippen molar-refractivity contribution in [3.05, 3.63) is 60.0 Å². The van der Waals surface area contributed by atoms with Gasteiger partial charge in [-0.1, -0.05) is 12.1 Å². The van der Waals surface area contributed by atoms with Gasteiger partial charge in [0.15, 0.2) is 23.0 Å². The minimum Gasteiger partial charge on any atom is -0.487 e. The van der Waals surface area contributed by atoms with Crippen LogP contribution in [-0.4, -0.2) is 36.5 Å². The molecule has 35 heavy (non-hydrogen) atoms. The van der Waals surface area contributed by atoms with Crippen LogP contribution in [0.15, 0.2) is 53.1 Å². The van der Waals surface area contributed by atoms with E-state index in [-0.39, 0.29) is 53.8 Å². The molecule has 0 saturated carbocycles. The predicted octanol–water partition coefficient (Wildman–Crippen LogP) is 5.10. The van der Waals surface area contributed by atoms with Crippen molar-refractivity contribution in [3.8, 4) is 28.7 Å². The number of carbonyl (C=O) groups excluding carboxylic acids is 1. The Morgan fingerprint density at radius 2 is 1.80 bits per heavy atom. The summed E-state index contributed by atoms with van der Waals surface area (Å²) < 4.78 is 76.1. The SMILES string of the molecule is CC(C)Oc1cc(-c2nc(CCC(=O)c3ccccc3OS(=O)(=O)O)co2)ccc1OC(F)F.[NH4+]. The van der Waals surface area contributed by atoms with E-state index < -0.39 is 22.8 Å². The molecule has 0 aliphatic heterocycles. The molecule has 0 unspecified atom stereocenters. The van der Waals surface area contributed by atoms with Crippen molar-refractivity contribution in [2.45, 2.75) is 39.4 Å². The molecular weight excluding hydrogens is 490 g/mol. The third kappa shape index (κ3) is 8.02. The first-order valence-electron chi connectivity index (χ1n) is 10.0. The fraction of sp³-hybridized carbons (Fsp3) is 0.273. The number of aromatic nitrogens is 1. The zero-order valence-electron chi connectivity index (χ0n) is 19.1. The van der Waals surface area contributed by atoms with Gasteiger partial charge in [-0.05, 0) is 44.2 Å². The lowest BCUT2D eigenvalue weighted by molar-refractivity contribution is -0.0518. The highest BCUT2D eigenvalue weighted by Crippen LogP contribution is 2.34. The summed E-state index contributed by atoms with van der Waals surface area (Å²) in [6.07, 6.45) is 1.15. The summed E-state index contributed by atoms with van der Waals surface area (Å²) in [5, 5.41) is 0. The molecule has 10 nitrogen and oxygen atoms in total. The molecule has 0 spiro atoms. The van der Waals surface area contributed by atoms with Crippen LogP contribution < -0.4 is 19.8 Å². The number of quaternary nitrogens is 1. The summed E-state index contributed by atoms with van der Waals surface area (Å²) in [4.78, 5) is 16.9. The van der Waals surface area contributed by atoms with Crippen LogP contribution in [0.5, 0.6) is 17.2 Å². The number of para-hydroxylation sites is 1. The average Bonchev–Trinajstić information content (AvgIpc) is 3.21. The zero-order valence-corrected chi connectivity index (χ0v) is 19.9. The van der Waals surface area contributed by atoms with Gasteiger partial charge in [0, 0.05) is 18.4 Å². The second kappa shape index (κ2) is 11.7. The number of ether oxygens (including phenoxy) is 2. The van der Waals surface area contributed by atoms with Crippen LogP contribution in [0.25, 0.3) is 11.5 Å². The van der Waals surface area contributed by atoms with E-state index in [1.54, 1.807) is 13.8 Å². The first kappa shape index (κ1) is 27.7. The van der Waals surface area contributed by atoms with Crippen molar-refractivity contribution >= 4 is 16.2 Å². The monoisotopic (exact) mass is 515 g/mol. The van der Waals surface area contributed by atoms with Gasteiger partial charge in [0.05, 0.1) is 17.4 Å². The minimum atomic E-state index is -4.79. The quantitative estimate of drug-likeness (QED) is 0.261. The van der Waals surface area contributed by atoms with E-state index in [0.29, 0.717) is 11.3 Å². The number of halogens is 2. The molecule has 5 N–H and O–H groups in total. The Kier molecular flexibility index (Phi) is 9.28. The first-order chi connectivity index (χ1) is 16.0. The largest absolute Gasteiger partial charge is 0.487 e. The number of Topliss-reactive ketones (excluding diaryl/α,β-unsaturated/α-hetero) is 1. The molecule has 3 aromatic rings. The summed E-state index contributed by atoms with van der Waals surface area (Å²) in [7, 11) is -4.79. The molecule has 0 bridgehead atoms. The van der Waals surface area contributed by atoms with Gasteiger partial charge in [-0.15, -0.1) is 0 Å². The fourth-order valence-corrected chi connectivity index (χ4v) is 3.37. The van der Waals surface area contributed by atoms with Crippen molar-refractivity contribution in [2.24, 2.45) is 0 Å². The van der Waals surface area contributed by atoms with Gasteiger partial charge in [-0.2, -0.15) is 17.2 Å². The highest BCUT2D eigenvalue weighted by Gasteiger charge is 2.19. The van der Waals surface area contributed by atoms with E-state index in [9.17, 15) is 22.0 Å². The summed E-state index contributed by atoms with van der Waals surface area (Å²) >= 11 is 0. The van der Waals surface area contributed by atoms with Crippen molar-refractivity contribution in [3.63, 3.8) is 0 Å². The predicted molar refractivity (Wildman–Crippen MR) is 122 cm³/mol. The number of rotatable bonds is 11. The number of oxazole rings is 1. The lowest BCUT2D eigenvalue weighted by atomic mass is 10.0. The molecule has 0 aliphatic rings. The van der Waals surface area contributed by atoms with Gasteiger partial charge in [0.1, 0.15) is 6.26 Å². The molecule has 0 amide bonds. The lowest BCUT2D eigenvalue weighted by Gasteiger charge is -2.15. The van der Waals surface area contributed by atoms with Gasteiger partial charge >= 0.3 is 17.0 Å². The number of hydrogen-bond donors (Lipinski definition) is 2. The van der Waals surface area contributed by atoms with E-state index >= 15 is 0 Å². The number of alkyl halides is 2. The van der Waals surface area contributed by atoms with Crippen LogP contribution in [0.3, 0.4) is 0 Å². The van der Waals surface area contributed by atoms with E-state index in [1.807, 2.05) is 0 Å². The molecule has 0 atom stereocenters. The Labute approximate surface area is 200 Å². The Morgan fingerprint density at radius 1 is 1.09 bits per heavy atom. The molecule has 0 saturated heterocycles. The second-order valence-electron chi connectivity index (χ2n) is 7.28. The molecule has 1 heterocycles. The molecule has 190 valence electrons. The highest BCUT2D eigenvalue weighted by molar-refractivity contribution is 7.81. The minimum absolute atomic E-state index is 0. The molecular formula is C22H25F2N2O8S+. The van der Waals surface area contributed by atoms with Crippen molar-refractivity contribution in [2.75, 3.05) is 0 Å². The number of carbonyl (C=O) groups is 1. The maximum Gasteiger partial charge on any atom is 0.446 e.